The zero-order chi connectivity index (χ0) is 84.7. The molecule has 0 saturated carbocycles. The standard InChI is InChI=1S/C78H93Cl2N7O28/c1-31(2)18-44(87(11)75(107)115-77(7,8)9)70(102)84-59-47(92)22-37(25-54(81)94)68(100)82-57-36-23-51(109-49-16-13-34(61(59)95)20-42(49)79)65(113-73-66(64(98)63(97)53(30-88)111-73)112-55-29-78(10,67(99)32(3)108-55)86-74(106)114-76(4,5)6)52(24-36)110-50-17-14-35(21-43(50)80)62(96)60-71(103)83-58(72(104)105)41-26-38(89)27-46(91)56(41)40-19-33(12-15-45(40)90)39(28-48(57)93)69(101)85-60/h12-17,19-21,23-24,26-27,31-32,37,39,44,53,55,57-64,66-67,73,88-91,95-99H,18,22,25,28-30H2,1-11H3,(H2,81,94)(H,82,100)(H,83,103)(H,84,102)(H,85,101)(H,86,106)(H,104,105)/t32?,37-,39+,44+,53?,55?,57+,58-,59-,60-,61+,62+,63?,64?,66?,67?,73?,78?/m0/s1. The minimum absolute atomic E-state index is 0.0557. The first-order chi connectivity index (χ1) is 53.7. The topological polar surface area (TPSA) is 536 Å². The van der Waals surface area contributed by atoms with Crippen molar-refractivity contribution in [2.75, 3.05) is 13.7 Å². The van der Waals surface area contributed by atoms with Gasteiger partial charge in [-0.2, -0.15) is 0 Å². The largest absolute Gasteiger partial charge is 0.508 e. The van der Waals surface area contributed by atoms with Gasteiger partial charge in [0.05, 0.1) is 40.1 Å². The van der Waals surface area contributed by atoms with E-state index >= 15 is 19.2 Å². The maximum Gasteiger partial charge on any atom is 0.410 e. The Balaban J connectivity index is 1.22. The van der Waals surface area contributed by atoms with Gasteiger partial charge in [0.1, 0.15) is 101 Å². The van der Waals surface area contributed by atoms with Gasteiger partial charge < -0.3 is 121 Å². The van der Waals surface area contributed by atoms with Crippen molar-refractivity contribution in [2.45, 2.75) is 216 Å². The van der Waals surface area contributed by atoms with Crippen LogP contribution in [0.25, 0.3) is 11.1 Å². The zero-order valence-corrected chi connectivity index (χ0v) is 65.8. The molecule has 0 spiro atoms. The number of carbonyl (C=O) groups excluding carboxylic acids is 9. The third-order valence-corrected chi connectivity index (χ3v) is 20.5. The Kier molecular flexibility index (Phi) is 26.3. The summed E-state index contributed by atoms with van der Waals surface area (Å²) in [5, 5.41) is 128. The van der Waals surface area contributed by atoms with Crippen LogP contribution in [0.3, 0.4) is 0 Å². The number of Topliss-reactive ketones (excluding diaryl/α,β-unsaturated/α-hetero) is 2. The van der Waals surface area contributed by atoms with Gasteiger partial charge in [0.15, 0.2) is 41.5 Å². The number of ketones is 2. The number of hydrogen-bond donors (Lipinski definition) is 16. The molecule has 622 valence electrons. The van der Waals surface area contributed by atoms with E-state index < -0.39 is 290 Å². The van der Waals surface area contributed by atoms with Crippen molar-refractivity contribution in [1.82, 2.24) is 31.5 Å². The fourth-order valence-corrected chi connectivity index (χ4v) is 14.6. The molecule has 17 N–H and O–H groups in total. The van der Waals surface area contributed by atoms with Crippen LogP contribution in [0, 0.1) is 11.8 Å². The molecule has 0 radical (unpaired) electrons. The van der Waals surface area contributed by atoms with E-state index in [0.29, 0.717) is 0 Å². The Morgan fingerprint density at radius 3 is 1.90 bits per heavy atom. The molecule has 7 amide bonds. The third-order valence-electron chi connectivity index (χ3n) is 19.9. The van der Waals surface area contributed by atoms with Gasteiger partial charge in [-0.15, -0.1) is 0 Å². The number of aliphatic carboxylic acids is 1. The summed E-state index contributed by atoms with van der Waals surface area (Å²) in [6, 6.07) is 3.30. The number of carboxylic acids is 1. The number of hydrogen-bond acceptors (Lipinski definition) is 27. The summed E-state index contributed by atoms with van der Waals surface area (Å²) < 4.78 is 50.1. The lowest BCUT2D eigenvalue weighted by molar-refractivity contribution is -0.334. The summed E-state index contributed by atoms with van der Waals surface area (Å²) in [4.78, 5) is 148. The molecule has 0 aromatic heterocycles. The van der Waals surface area contributed by atoms with Gasteiger partial charge in [-0.1, -0.05) is 55.2 Å². The minimum Gasteiger partial charge on any atom is -0.508 e. The number of benzene rings is 5. The number of alkyl carbamates (subject to hydrolysis) is 1. The number of ether oxygens (including phenoxy) is 8. The van der Waals surface area contributed by atoms with Crippen LogP contribution >= 0.6 is 23.2 Å². The molecule has 115 heavy (non-hydrogen) atoms. The van der Waals surface area contributed by atoms with Crippen LogP contribution in [0.2, 0.25) is 10.0 Å². The fraction of sp³-hybridized carbons (Fsp3) is 0.487. The van der Waals surface area contributed by atoms with E-state index in [2.05, 4.69) is 26.6 Å². The number of aliphatic hydroxyl groups excluding tert-OH is 6. The second kappa shape index (κ2) is 34.7. The third kappa shape index (κ3) is 19.9. The highest BCUT2D eigenvalue weighted by Gasteiger charge is 2.53. The van der Waals surface area contributed by atoms with E-state index in [1.54, 1.807) is 55.4 Å². The first-order valence-corrected chi connectivity index (χ1v) is 37.4. The highest BCUT2D eigenvalue weighted by Crippen LogP contribution is 2.51. The van der Waals surface area contributed by atoms with Crippen LogP contribution in [0.1, 0.15) is 159 Å². The number of nitrogens with two attached hydrogens (primary N) is 1. The molecular weight excluding hydrogens is 1550 g/mol. The zero-order valence-electron chi connectivity index (χ0n) is 64.2. The SMILES string of the molecule is CC(C)C[C@H](C(=O)N[C@H]1C(=O)C[C@@H](CC(N)=O)C(=O)N[C@H]2C(=O)C[C@H]3C(=O)N[C@H](C(=O)N[C@H](C(=O)O)c4cc(O)cc(O)c4-c4cc3ccc4O)[C@H](O)c3ccc(c(Cl)c3)Oc3cc2cc(c3OC2OC(CO)C(O)C(O)C2OC2CC(C)(NC(=O)OC(C)(C)C)C(O)C(C)O2)Oc2ccc(cc2Cl)[C@H]1O)N(C)C(=O)OC(C)(C)C. The van der Waals surface area contributed by atoms with Gasteiger partial charge in [0.25, 0.3) is 0 Å². The average molecular weight is 1650 g/mol. The number of halogens is 2. The van der Waals surface area contributed by atoms with Crippen molar-refractivity contribution in [3.05, 3.63) is 117 Å². The lowest BCUT2D eigenvalue weighted by Gasteiger charge is -2.48. The lowest BCUT2D eigenvalue weighted by atomic mass is 9.84. The summed E-state index contributed by atoms with van der Waals surface area (Å²) in [6.45, 7) is 14.9. The smallest absolute Gasteiger partial charge is 0.410 e. The Hall–Kier alpha value is -10.2. The van der Waals surface area contributed by atoms with E-state index in [0.717, 1.165) is 77.7 Å². The number of nitrogens with zero attached hydrogens (tertiary/aromatic N) is 1. The maximum absolute atomic E-state index is 16.4. The Labute approximate surface area is 668 Å². The van der Waals surface area contributed by atoms with Crippen molar-refractivity contribution < 1.29 is 137 Å². The van der Waals surface area contributed by atoms with Crippen LogP contribution in [0.5, 0.6) is 46.0 Å². The number of aliphatic hydroxyl groups is 6. The van der Waals surface area contributed by atoms with Crippen LogP contribution in [0.4, 0.5) is 9.59 Å². The minimum atomic E-state index is -2.29. The molecule has 35 nitrogen and oxygen atoms in total. The monoisotopic (exact) mass is 1650 g/mol. The number of amides is 7. The van der Waals surface area contributed by atoms with E-state index in [1.807, 2.05) is 0 Å². The molecule has 12 rings (SSSR count). The summed E-state index contributed by atoms with van der Waals surface area (Å²) in [6.07, 6.45) is -24.3. The quantitative estimate of drug-likeness (QED) is 0.0671. The normalized spacial score (nSPS) is 27.6. The summed E-state index contributed by atoms with van der Waals surface area (Å²) >= 11 is 14.3. The number of primary amides is 1. The maximum atomic E-state index is 16.4. The number of aromatic hydroxyl groups is 3. The molecule has 18 atom stereocenters. The molecule has 5 aromatic rings. The molecule has 37 heteroatoms. The summed E-state index contributed by atoms with van der Waals surface area (Å²) in [5.74, 6) is -20.0. The molecule has 0 aliphatic carbocycles. The van der Waals surface area contributed by atoms with Crippen molar-refractivity contribution >= 4 is 82.5 Å². The van der Waals surface area contributed by atoms with Gasteiger partial charge in [-0.25, -0.2) is 14.4 Å². The van der Waals surface area contributed by atoms with E-state index in [1.165, 1.54) is 27.0 Å². The van der Waals surface area contributed by atoms with Crippen molar-refractivity contribution in [3.8, 4) is 57.1 Å². The van der Waals surface area contributed by atoms with E-state index in [9.17, 15) is 79.8 Å². The van der Waals surface area contributed by atoms with Gasteiger partial charge in [0, 0.05) is 55.5 Å². The van der Waals surface area contributed by atoms with Gasteiger partial charge >= 0.3 is 18.2 Å². The number of carboxylic acid groups (broad SMARTS) is 1. The number of phenolic OH excluding ortho intramolecular Hbond substituents is 3. The molecule has 7 heterocycles. The lowest BCUT2D eigenvalue weighted by Crippen LogP contribution is -2.66. The highest BCUT2D eigenvalue weighted by atomic mass is 35.5. The summed E-state index contributed by atoms with van der Waals surface area (Å²) in [7, 11) is 1.27. The number of nitrogens with one attached hydrogen (secondary N) is 5. The predicted octanol–water partition coefficient (Wildman–Crippen LogP) is 5.30. The number of likely N-dealkylation sites (N-methyl/N-ethyl adjacent to an activating group) is 1. The number of phenols is 3. The predicted molar refractivity (Wildman–Crippen MR) is 402 cm³/mol. The first-order valence-electron chi connectivity index (χ1n) is 36.6. The van der Waals surface area contributed by atoms with E-state index in [-0.39, 0.29) is 29.0 Å². The molecule has 11 bridgehead atoms. The molecule has 2 saturated heterocycles. The molecule has 7 aliphatic heterocycles. The Bertz CT molecular complexity index is 4610. The number of rotatable bonds is 14. The van der Waals surface area contributed by atoms with Crippen molar-refractivity contribution in [2.24, 2.45) is 17.6 Å². The average Bonchev–Trinajstić information content (AvgIpc) is 0.769. The molecular formula is C78H93Cl2N7O28. The Morgan fingerprint density at radius 1 is 0.713 bits per heavy atom. The van der Waals surface area contributed by atoms with Gasteiger partial charge in [-0.3, -0.25) is 38.5 Å². The van der Waals surface area contributed by atoms with Crippen LogP contribution < -0.4 is 46.5 Å². The second-order valence-electron chi connectivity index (χ2n) is 31.6. The van der Waals surface area contributed by atoms with Crippen LogP contribution in [0.15, 0.2) is 78.9 Å². The molecule has 5 aromatic carbocycles. The molecule has 7 aliphatic rings. The van der Waals surface area contributed by atoms with Gasteiger partial charge in [0.2, 0.25) is 41.6 Å². The molecule has 9 unspecified atom stereocenters. The van der Waals surface area contributed by atoms with Crippen molar-refractivity contribution in [1.29, 1.82) is 0 Å². The molecule has 2 fully saturated rings. The summed E-state index contributed by atoms with van der Waals surface area (Å²) in [5.41, 5.74) is -0.632. The Morgan fingerprint density at radius 2 is 1.32 bits per heavy atom. The van der Waals surface area contributed by atoms with E-state index in [4.69, 9.17) is 66.8 Å². The fourth-order valence-electron chi connectivity index (χ4n) is 14.2. The van der Waals surface area contributed by atoms with Crippen LogP contribution in [-0.2, 0) is 62.0 Å². The first kappa shape index (κ1) is 87.2. The van der Waals surface area contributed by atoms with Crippen molar-refractivity contribution in [3.63, 3.8) is 0 Å². The van der Waals surface area contributed by atoms with Gasteiger partial charge in [-0.05, 0) is 145 Å². The van der Waals surface area contributed by atoms with Crippen LogP contribution in [-0.4, -0.2) is 213 Å². The highest BCUT2D eigenvalue weighted by molar-refractivity contribution is 6.32. The number of fused-ring (bicyclic) bond motifs is 15. The second-order valence-corrected chi connectivity index (χ2v) is 32.4. The number of carbonyl (C=O) groups is 10.